The molecular formula is C10H10F3NO2. The molecule has 0 spiro atoms. The second kappa shape index (κ2) is 4.87. The highest BCUT2D eigenvalue weighted by Gasteiger charge is 2.14. The molecule has 0 aliphatic carbocycles. The number of nitrogens with one attached hydrogen (secondary N) is 1. The molecule has 0 fully saturated rings. The molecule has 3 nitrogen and oxygen atoms in total. The summed E-state index contributed by atoms with van der Waals surface area (Å²) in [4.78, 5) is 10.5. The molecule has 0 aliphatic heterocycles. The Hall–Kier alpha value is -1.72. The van der Waals surface area contributed by atoms with E-state index in [-0.39, 0.29) is 12.2 Å². The first kappa shape index (κ1) is 12.4. The Bertz CT molecular complexity index is 409. The van der Waals surface area contributed by atoms with Gasteiger partial charge in [-0.25, -0.2) is 13.2 Å². The fourth-order valence-electron chi connectivity index (χ4n) is 1.03. The predicted molar refractivity (Wildman–Crippen MR) is 51.6 cm³/mol. The smallest absolute Gasteiger partial charge is 0.308 e. The lowest BCUT2D eigenvalue weighted by Gasteiger charge is -2.10. The number of rotatable bonds is 4. The number of carbonyl (C=O) groups is 1. The molecular weight excluding hydrogens is 223 g/mol. The van der Waals surface area contributed by atoms with Crippen LogP contribution in [0.4, 0.5) is 18.9 Å². The van der Waals surface area contributed by atoms with Crippen LogP contribution in [0.1, 0.15) is 6.92 Å². The molecule has 1 unspecified atom stereocenters. The highest BCUT2D eigenvalue weighted by molar-refractivity contribution is 5.70. The Labute approximate surface area is 89.9 Å². The van der Waals surface area contributed by atoms with Gasteiger partial charge in [0.1, 0.15) is 5.82 Å². The third-order valence-electron chi connectivity index (χ3n) is 2.01. The summed E-state index contributed by atoms with van der Waals surface area (Å²) in [7, 11) is 0. The molecule has 2 N–H and O–H groups in total. The minimum Gasteiger partial charge on any atom is -0.481 e. The summed E-state index contributed by atoms with van der Waals surface area (Å²) in [6, 6.07) is 1.19. The minimum absolute atomic E-state index is 0.116. The van der Waals surface area contributed by atoms with Crippen molar-refractivity contribution in [2.75, 3.05) is 11.9 Å². The zero-order valence-electron chi connectivity index (χ0n) is 8.43. The zero-order chi connectivity index (χ0) is 12.3. The summed E-state index contributed by atoms with van der Waals surface area (Å²) < 4.78 is 38.6. The molecule has 0 heterocycles. The summed E-state index contributed by atoms with van der Waals surface area (Å²) in [6.45, 7) is 1.28. The van der Waals surface area contributed by atoms with Crippen LogP contribution in [0.2, 0.25) is 0 Å². The van der Waals surface area contributed by atoms with Crippen LogP contribution < -0.4 is 5.32 Å². The molecule has 0 aromatic heterocycles. The molecule has 0 saturated carbocycles. The van der Waals surface area contributed by atoms with E-state index in [1.807, 2.05) is 0 Å². The van der Waals surface area contributed by atoms with Crippen molar-refractivity contribution in [1.29, 1.82) is 0 Å². The molecule has 0 amide bonds. The summed E-state index contributed by atoms with van der Waals surface area (Å²) in [5, 5.41) is 10.9. The first-order valence-corrected chi connectivity index (χ1v) is 4.53. The molecule has 1 aromatic rings. The van der Waals surface area contributed by atoms with E-state index >= 15 is 0 Å². The minimum atomic E-state index is -1.31. The van der Waals surface area contributed by atoms with Gasteiger partial charge >= 0.3 is 5.97 Å². The number of halogens is 3. The van der Waals surface area contributed by atoms with E-state index in [9.17, 15) is 18.0 Å². The summed E-state index contributed by atoms with van der Waals surface area (Å²) >= 11 is 0. The predicted octanol–water partition coefficient (Wildman–Crippen LogP) is 2.24. The van der Waals surface area contributed by atoms with Gasteiger partial charge in [-0.05, 0) is 0 Å². The van der Waals surface area contributed by atoms with Crippen LogP contribution in [0.3, 0.4) is 0 Å². The average molecular weight is 233 g/mol. The first-order chi connectivity index (χ1) is 7.41. The number of carboxylic acids is 1. The van der Waals surface area contributed by atoms with Crippen LogP contribution >= 0.6 is 0 Å². The van der Waals surface area contributed by atoms with Gasteiger partial charge in [0, 0.05) is 18.7 Å². The number of anilines is 1. The Morgan fingerprint density at radius 1 is 1.44 bits per heavy atom. The van der Waals surface area contributed by atoms with Gasteiger partial charge in [-0.15, -0.1) is 0 Å². The van der Waals surface area contributed by atoms with Crippen LogP contribution in [0.25, 0.3) is 0 Å². The van der Waals surface area contributed by atoms with Crippen molar-refractivity contribution >= 4 is 11.7 Å². The van der Waals surface area contributed by atoms with Crippen molar-refractivity contribution in [3.8, 4) is 0 Å². The molecule has 0 aliphatic rings. The average Bonchev–Trinajstić information content (AvgIpc) is 2.20. The van der Waals surface area contributed by atoms with Crippen LogP contribution in [0, 0.1) is 23.4 Å². The highest BCUT2D eigenvalue weighted by Crippen LogP contribution is 2.19. The van der Waals surface area contributed by atoms with Gasteiger partial charge < -0.3 is 10.4 Å². The quantitative estimate of drug-likeness (QED) is 0.784. The Morgan fingerprint density at radius 2 is 2.06 bits per heavy atom. The monoisotopic (exact) mass is 233 g/mol. The topological polar surface area (TPSA) is 49.3 Å². The summed E-state index contributed by atoms with van der Waals surface area (Å²) in [6.07, 6.45) is 0. The van der Waals surface area contributed by atoms with Crippen molar-refractivity contribution < 1.29 is 23.1 Å². The van der Waals surface area contributed by atoms with Gasteiger partial charge in [-0.1, -0.05) is 6.92 Å². The maximum absolute atomic E-state index is 13.1. The number of benzene rings is 1. The fourth-order valence-corrected chi connectivity index (χ4v) is 1.03. The maximum Gasteiger partial charge on any atom is 0.308 e. The van der Waals surface area contributed by atoms with Gasteiger partial charge in [0.2, 0.25) is 0 Å². The SMILES string of the molecule is CC(CNc1cc(F)cc(F)c1F)C(=O)O. The molecule has 1 aromatic carbocycles. The molecule has 1 rings (SSSR count). The lowest BCUT2D eigenvalue weighted by atomic mass is 10.2. The maximum atomic E-state index is 13.1. The second-order valence-electron chi connectivity index (χ2n) is 3.37. The van der Waals surface area contributed by atoms with Gasteiger partial charge in [-0.2, -0.15) is 0 Å². The molecule has 6 heteroatoms. The lowest BCUT2D eigenvalue weighted by Crippen LogP contribution is -2.20. The Kier molecular flexibility index (Phi) is 3.76. The van der Waals surface area contributed by atoms with Gasteiger partial charge in [0.15, 0.2) is 11.6 Å². The van der Waals surface area contributed by atoms with E-state index in [1.165, 1.54) is 6.92 Å². The number of hydrogen-bond donors (Lipinski definition) is 2. The van der Waals surface area contributed by atoms with Crippen molar-refractivity contribution in [3.05, 3.63) is 29.6 Å². The van der Waals surface area contributed by atoms with Crippen LogP contribution in [-0.2, 0) is 4.79 Å². The highest BCUT2D eigenvalue weighted by atomic mass is 19.2. The lowest BCUT2D eigenvalue weighted by molar-refractivity contribution is -0.140. The number of aliphatic carboxylic acids is 1. The Morgan fingerprint density at radius 3 is 2.62 bits per heavy atom. The number of carboxylic acid groups (broad SMARTS) is 1. The normalized spacial score (nSPS) is 12.2. The standard InChI is InChI=1S/C10H10F3NO2/c1-5(10(15)16)4-14-8-3-6(11)2-7(12)9(8)13/h2-3,5,14H,4H2,1H3,(H,15,16). The summed E-state index contributed by atoms with van der Waals surface area (Å²) in [5.74, 6) is -5.33. The summed E-state index contributed by atoms with van der Waals surface area (Å²) in [5.41, 5.74) is -0.384. The van der Waals surface area contributed by atoms with E-state index < -0.39 is 29.3 Å². The van der Waals surface area contributed by atoms with Gasteiger partial charge in [0.25, 0.3) is 0 Å². The van der Waals surface area contributed by atoms with Crippen LogP contribution in [-0.4, -0.2) is 17.6 Å². The third kappa shape index (κ3) is 2.88. The van der Waals surface area contributed by atoms with Crippen molar-refractivity contribution in [2.45, 2.75) is 6.92 Å². The Balaban J connectivity index is 2.78. The van der Waals surface area contributed by atoms with E-state index in [4.69, 9.17) is 5.11 Å². The van der Waals surface area contributed by atoms with E-state index in [1.54, 1.807) is 0 Å². The van der Waals surface area contributed by atoms with Crippen LogP contribution in [0.15, 0.2) is 12.1 Å². The van der Waals surface area contributed by atoms with E-state index in [0.29, 0.717) is 6.07 Å². The fraction of sp³-hybridized carbons (Fsp3) is 0.300. The van der Waals surface area contributed by atoms with Gasteiger partial charge in [-0.3, -0.25) is 4.79 Å². The molecule has 1 atom stereocenters. The zero-order valence-corrected chi connectivity index (χ0v) is 8.43. The van der Waals surface area contributed by atoms with Crippen molar-refractivity contribution in [3.63, 3.8) is 0 Å². The first-order valence-electron chi connectivity index (χ1n) is 4.53. The van der Waals surface area contributed by atoms with E-state index in [0.717, 1.165) is 6.07 Å². The van der Waals surface area contributed by atoms with E-state index in [2.05, 4.69) is 5.32 Å². The molecule has 0 radical (unpaired) electrons. The van der Waals surface area contributed by atoms with Gasteiger partial charge in [0.05, 0.1) is 11.6 Å². The van der Waals surface area contributed by atoms with Crippen molar-refractivity contribution in [1.82, 2.24) is 0 Å². The van der Waals surface area contributed by atoms with Crippen molar-refractivity contribution in [2.24, 2.45) is 5.92 Å². The molecule has 88 valence electrons. The number of hydrogen-bond acceptors (Lipinski definition) is 2. The largest absolute Gasteiger partial charge is 0.481 e. The molecule has 0 saturated heterocycles. The third-order valence-corrected chi connectivity index (χ3v) is 2.01. The molecule has 16 heavy (non-hydrogen) atoms. The van der Waals surface area contributed by atoms with Crippen LogP contribution in [0.5, 0.6) is 0 Å². The second-order valence-corrected chi connectivity index (χ2v) is 3.37. The molecule has 0 bridgehead atoms.